The van der Waals surface area contributed by atoms with Crippen molar-refractivity contribution in [2.24, 2.45) is 0 Å². The Kier molecular flexibility index (Phi) is 1.95. The predicted octanol–water partition coefficient (Wildman–Crippen LogP) is 2.22. The van der Waals surface area contributed by atoms with E-state index in [9.17, 15) is 4.79 Å². The number of pyridine rings is 1. The summed E-state index contributed by atoms with van der Waals surface area (Å²) in [7, 11) is 0. The first-order chi connectivity index (χ1) is 6.59. The number of H-pyrrole nitrogens is 1. The molecule has 0 amide bonds. The van der Waals surface area contributed by atoms with Gasteiger partial charge in [0.1, 0.15) is 0 Å². The summed E-state index contributed by atoms with van der Waals surface area (Å²) < 4.78 is 2.11. The molecule has 0 atom stereocenters. The molecule has 0 saturated carbocycles. The Morgan fingerprint density at radius 2 is 2.14 bits per heavy atom. The second-order valence-corrected chi connectivity index (χ2v) is 3.90. The minimum absolute atomic E-state index is 0.000556. The quantitative estimate of drug-likeness (QED) is 0.735. The van der Waals surface area contributed by atoms with E-state index in [1.54, 1.807) is 0 Å². The number of hydrogen-bond donors (Lipinski definition) is 1. The molecule has 0 aliphatic rings. The van der Waals surface area contributed by atoms with Gasteiger partial charge in [-0.25, -0.2) is 0 Å². The number of nitrogens with one attached hydrogen (secondary N) is 1. The molecule has 74 valence electrons. The Morgan fingerprint density at radius 1 is 1.43 bits per heavy atom. The van der Waals surface area contributed by atoms with Crippen molar-refractivity contribution in [3.05, 3.63) is 34.4 Å². The molecule has 0 radical (unpaired) electrons. The third-order valence-corrected chi connectivity index (χ3v) is 2.42. The number of nitrogens with zero attached hydrogens (tertiary/aromatic N) is 1. The number of aromatic nitrogens is 2. The largest absolute Gasteiger partial charge is 0.345 e. The van der Waals surface area contributed by atoms with Crippen LogP contribution in [0.2, 0.25) is 0 Å². The van der Waals surface area contributed by atoms with Crippen molar-refractivity contribution in [2.75, 3.05) is 0 Å². The van der Waals surface area contributed by atoms with Gasteiger partial charge in [0.15, 0.2) is 0 Å². The molecule has 14 heavy (non-hydrogen) atoms. The van der Waals surface area contributed by atoms with E-state index in [1.807, 2.05) is 25.3 Å². The van der Waals surface area contributed by atoms with Crippen LogP contribution in [0.4, 0.5) is 0 Å². The minimum Gasteiger partial charge on any atom is -0.345 e. The van der Waals surface area contributed by atoms with Gasteiger partial charge in [-0.2, -0.15) is 0 Å². The zero-order chi connectivity index (χ0) is 10.3. The predicted molar refractivity (Wildman–Crippen MR) is 57.7 cm³/mol. The fraction of sp³-hybridized carbons (Fsp3) is 0.364. The summed E-state index contributed by atoms with van der Waals surface area (Å²) in [5, 5.41) is 0.768. The Bertz CT molecular complexity index is 520. The summed E-state index contributed by atoms with van der Waals surface area (Å²) in [4.78, 5) is 14.4. The SMILES string of the molecule is Cc1cc2c(ccn2C(C)C)c(=O)[nH]1. The average molecular weight is 190 g/mol. The zero-order valence-corrected chi connectivity index (χ0v) is 8.66. The van der Waals surface area contributed by atoms with Gasteiger partial charge in [0.05, 0.1) is 10.9 Å². The van der Waals surface area contributed by atoms with E-state index in [-0.39, 0.29) is 5.56 Å². The molecular formula is C11H14N2O. The number of aromatic amines is 1. The third-order valence-electron chi connectivity index (χ3n) is 2.42. The molecular weight excluding hydrogens is 176 g/mol. The highest BCUT2D eigenvalue weighted by atomic mass is 16.1. The summed E-state index contributed by atoms with van der Waals surface area (Å²) >= 11 is 0. The summed E-state index contributed by atoms with van der Waals surface area (Å²) in [5.41, 5.74) is 1.92. The van der Waals surface area contributed by atoms with Crippen molar-refractivity contribution >= 4 is 10.9 Å². The van der Waals surface area contributed by atoms with Crippen LogP contribution in [0.1, 0.15) is 25.6 Å². The molecule has 3 heteroatoms. The van der Waals surface area contributed by atoms with Crippen LogP contribution < -0.4 is 5.56 Å². The minimum atomic E-state index is -0.000556. The summed E-state index contributed by atoms with van der Waals surface area (Å²) in [6.07, 6.45) is 1.96. The van der Waals surface area contributed by atoms with E-state index in [1.165, 1.54) is 0 Å². The van der Waals surface area contributed by atoms with E-state index < -0.39 is 0 Å². The van der Waals surface area contributed by atoms with E-state index in [0.29, 0.717) is 6.04 Å². The monoisotopic (exact) mass is 190 g/mol. The Morgan fingerprint density at radius 3 is 2.79 bits per heavy atom. The fourth-order valence-corrected chi connectivity index (χ4v) is 1.74. The van der Waals surface area contributed by atoms with E-state index in [0.717, 1.165) is 16.6 Å². The highest BCUT2D eigenvalue weighted by Crippen LogP contribution is 2.16. The first kappa shape index (κ1) is 9.06. The molecule has 0 aliphatic heterocycles. The van der Waals surface area contributed by atoms with Crippen LogP contribution in [-0.2, 0) is 0 Å². The third kappa shape index (κ3) is 1.25. The Balaban J connectivity index is 2.85. The molecule has 2 aromatic rings. The lowest BCUT2D eigenvalue weighted by Crippen LogP contribution is -2.08. The van der Waals surface area contributed by atoms with Gasteiger partial charge >= 0.3 is 0 Å². The molecule has 3 nitrogen and oxygen atoms in total. The maximum atomic E-state index is 11.6. The van der Waals surface area contributed by atoms with Gasteiger partial charge in [-0.3, -0.25) is 4.79 Å². The van der Waals surface area contributed by atoms with Gasteiger partial charge in [-0.05, 0) is 32.9 Å². The van der Waals surface area contributed by atoms with Gasteiger partial charge in [0.25, 0.3) is 5.56 Å². The lowest BCUT2D eigenvalue weighted by Gasteiger charge is -2.08. The standard InChI is InChI=1S/C11H14N2O/c1-7(2)13-5-4-9-10(13)6-8(3)12-11(9)14/h4-7H,1-3H3,(H,12,14). The second-order valence-electron chi connectivity index (χ2n) is 3.90. The number of rotatable bonds is 1. The Hall–Kier alpha value is -1.51. The van der Waals surface area contributed by atoms with E-state index >= 15 is 0 Å². The van der Waals surface area contributed by atoms with Crippen LogP contribution >= 0.6 is 0 Å². The molecule has 0 unspecified atom stereocenters. The van der Waals surface area contributed by atoms with Crippen molar-refractivity contribution in [2.45, 2.75) is 26.8 Å². The first-order valence-electron chi connectivity index (χ1n) is 4.80. The second kappa shape index (κ2) is 3.01. The van der Waals surface area contributed by atoms with Crippen molar-refractivity contribution in [1.29, 1.82) is 0 Å². The molecule has 2 aromatic heterocycles. The Labute approximate surface area is 82.4 Å². The molecule has 0 fully saturated rings. The molecule has 0 aromatic carbocycles. The van der Waals surface area contributed by atoms with Crippen LogP contribution in [0.25, 0.3) is 10.9 Å². The lowest BCUT2D eigenvalue weighted by molar-refractivity contribution is 0.622. The van der Waals surface area contributed by atoms with Crippen LogP contribution in [0.3, 0.4) is 0 Å². The van der Waals surface area contributed by atoms with Gasteiger partial charge in [0, 0.05) is 17.9 Å². The molecule has 0 bridgehead atoms. The van der Waals surface area contributed by atoms with Crippen LogP contribution in [0, 0.1) is 6.92 Å². The topological polar surface area (TPSA) is 37.8 Å². The van der Waals surface area contributed by atoms with E-state index in [4.69, 9.17) is 0 Å². The summed E-state index contributed by atoms with van der Waals surface area (Å²) in [6.45, 7) is 6.12. The maximum Gasteiger partial charge on any atom is 0.257 e. The van der Waals surface area contributed by atoms with Crippen molar-refractivity contribution in [3.63, 3.8) is 0 Å². The molecule has 0 aliphatic carbocycles. The maximum absolute atomic E-state index is 11.6. The van der Waals surface area contributed by atoms with Gasteiger partial charge in [-0.1, -0.05) is 0 Å². The van der Waals surface area contributed by atoms with Crippen molar-refractivity contribution in [1.82, 2.24) is 9.55 Å². The fourth-order valence-electron chi connectivity index (χ4n) is 1.74. The van der Waals surface area contributed by atoms with E-state index in [2.05, 4.69) is 23.4 Å². The lowest BCUT2D eigenvalue weighted by atomic mass is 10.3. The number of aryl methyl sites for hydroxylation is 1. The van der Waals surface area contributed by atoms with Crippen molar-refractivity contribution < 1.29 is 0 Å². The van der Waals surface area contributed by atoms with Gasteiger partial charge in [0.2, 0.25) is 0 Å². The highest BCUT2D eigenvalue weighted by molar-refractivity contribution is 5.79. The smallest absolute Gasteiger partial charge is 0.257 e. The van der Waals surface area contributed by atoms with Crippen LogP contribution in [0.15, 0.2) is 23.1 Å². The molecule has 0 saturated heterocycles. The number of hydrogen-bond acceptors (Lipinski definition) is 1. The summed E-state index contributed by atoms with van der Waals surface area (Å²) in [6, 6.07) is 4.26. The number of fused-ring (bicyclic) bond motifs is 1. The molecule has 2 heterocycles. The molecule has 2 rings (SSSR count). The van der Waals surface area contributed by atoms with Gasteiger partial charge in [-0.15, -0.1) is 0 Å². The molecule has 1 N–H and O–H groups in total. The highest BCUT2D eigenvalue weighted by Gasteiger charge is 2.06. The first-order valence-corrected chi connectivity index (χ1v) is 4.80. The average Bonchev–Trinajstić information content (AvgIpc) is 2.47. The normalized spacial score (nSPS) is 11.4. The van der Waals surface area contributed by atoms with Crippen molar-refractivity contribution in [3.8, 4) is 0 Å². The zero-order valence-electron chi connectivity index (χ0n) is 8.66. The van der Waals surface area contributed by atoms with Crippen LogP contribution in [0.5, 0.6) is 0 Å². The summed E-state index contributed by atoms with van der Waals surface area (Å²) in [5.74, 6) is 0. The molecule has 0 spiro atoms. The van der Waals surface area contributed by atoms with Gasteiger partial charge < -0.3 is 9.55 Å². The van der Waals surface area contributed by atoms with Crippen LogP contribution in [-0.4, -0.2) is 9.55 Å².